The van der Waals surface area contributed by atoms with E-state index in [0.29, 0.717) is 0 Å². The van der Waals surface area contributed by atoms with E-state index < -0.39 is 8.07 Å². The van der Waals surface area contributed by atoms with E-state index in [1.165, 1.54) is 6.04 Å². The normalized spacial score (nSPS) is 10.3. The van der Waals surface area contributed by atoms with Crippen LogP contribution in [0.1, 0.15) is 15.7 Å². The molecular weight excluding hydrogens is 152 g/mol. The topological polar surface area (TPSA) is 17.1 Å². The molecule has 0 aliphatic heterocycles. The van der Waals surface area contributed by atoms with Crippen molar-refractivity contribution in [2.24, 2.45) is 0 Å². The first kappa shape index (κ1) is 13.3. The smallest absolute Gasteiger partial charge is 1.00 e. The number of unbranched alkanes of at least 4 members (excludes halogenated alkanes) is 1. The maximum atomic E-state index is 9.91. The summed E-state index contributed by atoms with van der Waals surface area (Å²) in [5.41, 5.74) is 0. The third-order valence-electron chi connectivity index (χ3n) is 1.25. The zero-order chi connectivity index (χ0) is 7.33. The van der Waals surface area contributed by atoms with Crippen molar-refractivity contribution in [2.75, 3.05) is 0 Å². The van der Waals surface area contributed by atoms with E-state index in [2.05, 4.69) is 19.6 Å². The van der Waals surface area contributed by atoms with Gasteiger partial charge in [-0.25, -0.2) is 0 Å². The van der Waals surface area contributed by atoms with Crippen molar-refractivity contribution >= 4 is 37.4 Å². The molecule has 0 aliphatic rings. The van der Waals surface area contributed by atoms with Crippen molar-refractivity contribution in [2.45, 2.75) is 38.5 Å². The monoisotopic (exact) mass is 170 g/mol. The molecule has 0 radical (unpaired) electrons. The summed E-state index contributed by atoms with van der Waals surface area (Å²) in [6, 6.07) is 1.28. The van der Waals surface area contributed by atoms with Gasteiger partial charge < -0.3 is 7.65 Å². The van der Waals surface area contributed by atoms with Crippen LogP contribution in [0.2, 0.25) is 25.7 Å². The van der Waals surface area contributed by atoms with Gasteiger partial charge in [-0.3, -0.25) is 0 Å². The maximum absolute atomic E-state index is 9.91. The minimum atomic E-state index is -0.853. The Hall–Kier alpha value is 0.653. The van der Waals surface area contributed by atoms with Gasteiger partial charge in [0.25, 0.3) is 0 Å². The van der Waals surface area contributed by atoms with E-state index in [0.717, 1.165) is 19.1 Å². The number of carbonyl (C=O) groups excluding carboxylic acids is 1. The molecular formula is C7H18MgOSi. The summed E-state index contributed by atoms with van der Waals surface area (Å²) in [5, 5.41) is 0. The van der Waals surface area contributed by atoms with Gasteiger partial charge in [0.05, 0.1) is 0 Å². The van der Waals surface area contributed by atoms with E-state index in [1.54, 1.807) is 0 Å². The van der Waals surface area contributed by atoms with Crippen molar-refractivity contribution in [1.29, 1.82) is 0 Å². The van der Waals surface area contributed by atoms with Crippen LogP contribution in [0.25, 0.3) is 0 Å². The fraction of sp³-hybridized carbons (Fsp3) is 0.857. The summed E-state index contributed by atoms with van der Waals surface area (Å²) >= 11 is 0. The second kappa shape index (κ2) is 6.37. The van der Waals surface area contributed by atoms with Gasteiger partial charge in [-0.05, 0) is 6.42 Å². The number of aldehydes is 1. The molecule has 0 fully saturated rings. The number of carbonyl (C=O) groups is 1. The average Bonchev–Trinajstić information content (AvgIpc) is 1.63. The van der Waals surface area contributed by atoms with Gasteiger partial charge in [0.2, 0.25) is 0 Å². The minimum Gasteiger partial charge on any atom is -1.00 e. The molecule has 0 spiro atoms. The molecule has 0 aromatic heterocycles. The van der Waals surface area contributed by atoms with Gasteiger partial charge in [-0.2, -0.15) is 0 Å². The van der Waals surface area contributed by atoms with Crippen LogP contribution in [0, 0.1) is 0 Å². The van der Waals surface area contributed by atoms with Crippen LogP contribution in [-0.2, 0) is 4.79 Å². The first-order valence-corrected chi connectivity index (χ1v) is 7.20. The summed E-state index contributed by atoms with van der Waals surface area (Å²) in [5.74, 6) is 0. The molecule has 10 heavy (non-hydrogen) atoms. The van der Waals surface area contributed by atoms with Gasteiger partial charge in [0, 0.05) is 14.5 Å². The summed E-state index contributed by atoms with van der Waals surface area (Å²) in [7, 11) is -0.853. The average molecular weight is 171 g/mol. The molecule has 0 saturated carbocycles. The largest absolute Gasteiger partial charge is 2.00 e. The molecule has 0 N–H and O–H groups in total. The molecule has 0 rings (SSSR count). The number of hydrogen-bond acceptors (Lipinski definition) is 1. The Bertz CT molecular complexity index is 95.9. The van der Waals surface area contributed by atoms with Crippen LogP contribution < -0.4 is 0 Å². The molecule has 0 aromatic carbocycles. The summed E-state index contributed by atoms with van der Waals surface area (Å²) in [6.07, 6.45) is 2.86. The van der Waals surface area contributed by atoms with Gasteiger partial charge in [0.1, 0.15) is 6.29 Å². The quantitative estimate of drug-likeness (QED) is 0.359. The van der Waals surface area contributed by atoms with Gasteiger partial charge in [-0.15, -0.1) is 0 Å². The van der Waals surface area contributed by atoms with Gasteiger partial charge in [0.15, 0.2) is 0 Å². The molecule has 0 aliphatic carbocycles. The molecule has 3 heteroatoms. The fourth-order valence-electron chi connectivity index (χ4n) is 0.716. The Morgan fingerprint density at radius 1 is 1.40 bits per heavy atom. The van der Waals surface area contributed by atoms with Crippen LogP contribution in [0.5, 0.6) is 0 Å². The molecule has 0 atom stereocenters. The number of hydrogen-bond donors (Lipinski definition) is 0. The van der Waals surface area contributed by atoms with Crippen LogP contribution in [0.15, 0.2) is 0 Å². The molecule has 0 aromatic rings. The molecule has 1 nitrogen and oxygen atoms in total. The molecule has 0 saturated heterocycles. The molecule has 58 valence electrons. The Kier molecular flexibility index (Phi) is 8.44. The van der Waals surface area contributed by atoms with Gasteiger partial charge in [-0.1, -0.05) is 25.7 Å². The van der Waals surface area contributed by atoms with E-state index in [9.17, 15) is 4.79 Å². The zero-order valence-corrected chi connectivity index (χ0v) is 9.73. The Morgan fingerprint density at radius 3 is 2.20 bits per heavy atom. The zero-order valence-electron chi connectivity index (χ0n) is 9.31. The van der Waals surface area contributed by atoms with Crippen molar-refractivity contribution in [1.82, 2.24) is 0 Å². The predicted octanol–water partition coefficient (Wildman–Crippen LogP) is 2.15. The second-order valence-corrected chi connectivity index (χ2v) is 9.24. The molecule has 0 bridgehead atoms. The molecule has 0 unspecified atom stereocenters. The summed E-state index contributed by atoms with van der Waals surface area (Å²) < 4.78 is 0. The summed E-state index contributed by atoms with van der Waals surface area (Å²) in [4.78, 5) is 9.91. The van der Waals surface area contributed by atoms with Crippen LogP contribution in [0.3, 0.4) is 0 Å². The fourth-order valence-corrected chi connectivity index (χ4v) is 1.98. The van der Waals surface area contributed by atoms with E-state index in [1.807, 2.05) is 0 Å². The standard InChI is InChI=1S/C7H16OSi.Mg.2H/c1-9(2,3)7-5-4-6-8;;;/h6H,4-5,7H2,1-3H3;;;/q;+2;2*-1. The van der Waals surface area contributed by atoms with E-state index in [-0.39, 0.29) is 25.9 Å². The number of rotatable bonds is 4. The third-order valence-corrected chi connectivity index (χ3v) is 3.10. The third kappa shape index (κ3) is 11.4. The van der Waals surface area contributed by atoms with Crippen molar-refractivity contribution in [3.63, 3.8) is 0 Å². The molecule has 0 amide bonds. The Labute approximate surface area is 83.7 Å². The SMILES string of the molecule is C[Si](C)(C)CCCC=O.[H-].[H-].[Mg+2]. The molecule has 0 heterocycles. The predicted molar refractivity (Wildman–Crippen MR) is 51.4 cm³/mol. The van der Waals surface area contributed by atoms with E-state index in [4.69, 9.17) is 0 Å². The van der Waals surface area contributed by atoms with Crippen LogP contribution >= 0.6 is 0 Å². The maximum Gasteiger partial charge on any atom is 2.00 e. The summed E-state index contributed by atoms with van der Waals surface area (Å²) in [6.45, 7) is 6.99. The van der Waals surface area contributed by atoms with Crippen molar-refractivity contribution in [3.8, 4) is 0 Å². The minimum absolute atomic E-state index is 0. The Morgan fingerprint density at radius 2 is 1.90 bits per heavy atom. The Balaban J connectivity index is -0.000000107. The van der Waals surface area contributed by atoms with Gasteiger partial charge >= 0.3 is 23.1 Å². The first-order valence-electron chi connectivity index (χ1n) is 3.50. The second-order valence-electron chi connectivity index (χ2n) is 3.62. The van der Waals surface area contributed by atoms with Crippen LogP contribution in [0.4, 0.5) is 0 Å². The van der Waals surface area contributed by atoms with Crippen molar-refractivity contribution < 1.29 is 7.65 Å². The van der Waals surface area contributed by atoms with Crippen molar-refractivity contribution in [3.05, 3.63) is 0 Å². The van der Waals surface area contributed by atoms with E-state index >= 15 is 0 Å². The van der Waals surface area contributed by atoms with Crippen LogP contribution in [-0.4, -0.2) is 37.4 Å². The first-order chi connectivity index (χ1) is 4.06.